The number of amides is 1. The van der Waals surface area contributed by atoms with E-state index < -0.39 is 0 Å². The molecule has 0 heterocycles. The van der Waals surface area contributed by atoms with E-state index >= 15 is 0 Å². The fourth-order valence-corrected chi connectivity index (χ4v) is 3.26. The Labute approximate surface area is 105 Å². The van der Waals surface area contributed by atoms with E-state index in [4.69, 9.17) is 5.73 Å². The topological polar surface area (TPSA) is 55.1 Å². The van der Waals surface area contributed by atoms with E-state index in [0.29, 0.717) is 12.6 Å². The predicted molar refractivity (Wildman–Crippen MR) is 69.5 cm³/mol. The molecule has 3 N–H and O–H groups in total. The molecule has 1 amide bonds. The molecule has 0 saturated heterocycles. The first-order valence-electron chi connectivity index (χ1n) is 7.21. The molecule has 2 fully saturated rings. The highest BCUT2D eigenvalue weighted by atomic mass is 16.2. The van der Waals surface area contributed by atoms with E-state index in [1.54, 1.807) is 0 Å². The quantitative estimate of drug-likeness (QED) is 0.789. The van der Waals surface area contributed by atoms with Crippen LogP contribution in [0.4, 0.5) is 0 Å². The molecule has 3 heteroatoms. The maximum Gasteiger partial charge on any atom is 0.227 e. The van der Waals surface area contributed by atoms with E-state index in [1.165, 1.54) is 25.7 Å². The Morgan fingerprint density at radius 1 is 1.35 bits per heavy atom. The third kappa shape index (κ3) is 2.65. The highest BCUT2D eigenvalue weighted by molar-refractivity contribution is 5.84. The molecule has 2 rings (SSSR count). The fraction of sp³-hybridized carbons (Fsp3) is 0.929. The van der Waals surface area contributed by atoms with E-state index in [1.807, 2.05) is 0 Å². The summed E-state index contributed by atoms with van der Waals surface area (Å²) in [5.74, 6) is 1.04. The summed E-state index contributed by atoms with van der Waals surface area (Å²) in [5, 5.41) is 3.26. The SMILES string of the molecule is CCC1CCCC(NC(=O)C2(CN)CCC2)C1. The van der Waals surface area contributed by atoms with Gasteiger partial charge in [-0.25, -0.2) is 0 Å². The van der Waals surface area contributed by atoms with Crippen molar-refractivity contribution in [3.8, 4) is 0 Å². The van der Waals surface area contributed by atoms with Crippen LogP contribution in [0.2, 0.25) is 0 Å². The lowest BCUT2D eigenvalue weighted by Crippen LogP contribution is -2.53. The number of carbonyl (C=O) groups is 1. The van der Waals surface area contributed by atoms with Crippen LogP contribution in [0.15, 0.2) is 0 Å². The molecule has 0 spiro atoms. The monoisotopic (exact) mass is 238 g/mol. The van der Waals surface area contributed by atoms with Crippen molar-refractivity contribution >= 4 is 5.91 Å². The summed E-state index contributed by atoms with van der Waals surface area (Å²) in [6.07, 6.45) is 9.30. The van der Waals surface area contributed by atoms with Gasteiger partial charge >= 0.3 is 0 Å². The lowest BCUT2D eigenvalue weighted by atomic mass is 9.68. The fourth-order valence-electron chi connectivity index (χ4n) is 3.26. The Balaban J connectivity index is 1.85. The van der Waals surface area contributed by atoms with Crippen molar-refractivity contribution in [1.29, 1.82) is 0 Å². The molecule has 2 unspecified atom stereocenters. The van der Waals surface area contributed by atoms with Gasteiger partial charge in [-0.15, -0.1) is 0 Å². The van der Waals surface area contributed by atoms with Crippen molar-refractivity contribution < 1.29 is 4.79 Å². The van der Waals surface area contributed by atoms with Gasteiger partial charge in [-0.2, -0.15) is 0 Å². The summed E-state index contributed by atoms with van der Waals surface area (Å²) in [6, 6.07) is 0.408. The molecule has 0 aromatic heterocycles. The standard InChI is InChI=1S/C14H26N2O/c1-2-11-5-3-6-12(9-11)16-13(17)14(10-15)7-4-8-14/h11-12H,2-10,15H2,1H3,(H,16,17). The zero-order chi connectivity index (χ0) is 12.3. The van der Waals surface area contributed by atoms with Crippen LogP contribution in [0.3, 0.4) is 0 Å². The average molecular weight is 238 g/mol. The number of carbonyl (C=O) groups excluding carboxylic acids is 1. The molecular formula is C14H26N2O. The van der Waals surface area contributed by atoms with E-state index in [-0.39, 0.29) is 11.3 Å². The maximum absolute atomic E-state index is 12.3. The summed E-state index contributed by atoms with van der Waals surface area (Å²) >= 11 is 0. The van der Waals surface area contributed by atoms with Crippen molar-refractivity contribution in [1.82, 2.24) is 5.32 Å². The van der Waals surface area contributed by atoms with E-state index in [0.717, 1.165) is 31.6 Å². The molecule has 17 heavy (non-hydrogen) atoms. The molecule has 0 radical (unpaired) electrons. The minimum Gasteiger partial charge on any atom is -0.353 e. The zero-order valence-corrected chi connectivity index (χ0v) is 11.0. The first kappa shape index (κ1) is 12.9. The normalized spacial score (nSPS) is 31.6. The highest BCUT2D eigenvalue weighted by Gasteiger charge is 2.43. The van der Waals surface area contributed by atoms with Gasteiger partial charge in [0.25, 0.3) is 0 Å². The molecule has 0 aliphatic heterocycles. The van der Waals surface area contributed by atoms with E-state index in [9.17, 15) is 4.79 Å². The summed E-state index contributed by atoms with van der Waals surface area (Å²) in [4.78, 5) is 12.3. The first-order chi connectivity index (χ1) is 8.20. The van der Waals surface area contributed by atoms with Crippen LogP contribution in [0, 0.1) is 11.3 Å². The Kier molecular flexibility index (Phi) is 4.08. The zero-order valence-electron chi connectivity index (χ0n) is 11.0. The van der Waals surface area contributed by atoms with Crippen LogP contribution in [0.25, 0.3) is 0 Å². The predicted octanol–water partition coefficient (Wildman–Crippen LogP) is 2.20. The van der Waals surface area contributed by atoms with Crippen LogP contribution < -0.4 is 11.1 Å². The molecule has 2 atom stereocenters. The Bertz CT molecular complexity index is 268. The second kappa shape index (κ2) is 5.38. The first-order valence-corrected chi connectivity index (χ1v) is 7.21. The lowest BCUT2D eigenvalue weighted by Gasteiger charge is -2.41. The summed E-state index contributed by atoms with van der Waals surface area (Å²) in [7, 11) is 0. The molecular weight excluding hydrogens is 212 g/mol. The van der Waals surface area contributed by atoms with Crippen molar-refractivity contribution in [2.24, 2.45) is 17.1 Å². The van der Waals surface area contributed by atoms with Gasteiger partial charge in [0.2, 0.25) is 5.91 Å². The molecule has 98 valence electrons. The summed E-state index contributed by atoms with van der Waals surface area (Å²) in [6.45, 7) is 2.77. The number of rotatable bonds is 4. The molecule has 2 aliphatic carbocycles. The lowest BCUT2D eigenvalue weighted by molar-refractivity contribution is -0.136. The average Bonchev–Trinajstić information content (AvgIpc) is 2.28. The van der Waals surface area contributed by atoms with Gasteiger partial charge in [-0.1, -0.05) is 32.6 Å². The van der Waals surface area contributed by atoms with Crippen molar-refractivity contribution in [3.05, 3.63) is 0 Å². The van der Waals surface area contributed by atoms with Gasteiger partial charge in [0, 0.05) is 12.6 Å². The van der Waals surface area contributed by atoms with Crippen molar-refractivity contribution in [2.45, 2.75) is 64.3 Å². The number of hydrogen-bond donors (Lipinski definition) is 2. The van der Waals surface area contributed by atoms with Gasteiger partial charge < -0.3 is 11.1 Å². The summed E-state index contributed by atoms with van der Waals surface area (Å²) in [5.41, 5.74) is 5.56. The van der Waals surface area contributed by atoms with Crippen LogP contribution in [0.5, 0.6) is 0 Å². The van der Waals surface area contributed by atoms with Crippen LogP contribution in [-0.4, -0.2) is 18.5 Å². The van der Waals surface area contributed by atoms with Crippen molar-refractivity contribution in [3.63, 3.8) is 0 Å². The molecule has 0 bridgehead atoms. The number of hydrogen-bond acceptors (Lipinski definition) is 2. The minimum atomic E-state index is -0.209. The molecule has 0 aromatic rings. The third-order valence-corrected chi connectivity index (χ3v) is 4.88. The molecule has 3 nitrogen and oxygen atoms in total. The van der Waals surface area contributed by atoms with Crippen LogP contribution in [0.1, 0.15) is 58.3 Å². The largest absolute Gasteiger partial charge is 0.353 e. The minimum absolute atomic E-state index is 0.209. The van der Waals surface area contributed by atoms with E-state index in [2.05, 4.69) is 12.2 Å². The Morgan fingerprint density at radius 3 is 2.65 bits per heavy atom. The third-order valence-electron chi connectivity index (χ3n) is 4.88. The molecule has 2 aliphatic rings. The van der Waals surface area contributed by atoms with Crippen LogP contribution >= 0.6 is 0 Å². The second-order valence-corrected chi connectivity index (χ2v) is 5.95. The highest BCUT2D eigenvalue weighted by Crippen LogP contribution is 2.40. The summed E-state index contributed by atoms with van der Waals surface area (Å²) < 4.78 is 0. The Hall–Kier alpha value is -0.570. The van der Waals surface area contributed by atoms with Gasteiger partial charge in [0.1, 0.15) is 0 Å². The van der Waals surface area contributed by atoms with Gasteiger partial charge in [-0.3, -0.25) is 4.79 Å². The number of nitrogens with one attached hydrogen (secondary N) is 1. The second-order valence-electron chi connectivity index (χ2n) is 5.95. The smallest absolute Gasteiger partial charge is 0.227 e. The van der Waals surface area contributed by atoms with Crippen molar-refractivity contribution in [2.75, 3.05) is 6.54 Å². The molecule has 0 aromatic carbocycles. The Morgan fingerprint density at radius 2 is 2.12 bits per heavy atom. The van der Waals surface area contributed by atoms with Gasteiger partial charge in [-0.05, 0) is 31.6 Å². The maximum atomic E-state index is 12.3. The van der Waals surface area contributed by atoms with Crippen LogP contribution in [-0.2, 0) is 4.79 Å². The van der Waals surface area contributed by atoms with Gasteiger partial charge in [0.15, 0.2) is 0 Å². The van der Waals surface area contributed by atoms with Gasteiger partial charge in [0.05, 0.1) is 5.41 Å². The number of nitrogens with two attached hydrogens (primary N) is 1. The molecule has 2 saturated carbocycles.